The van der Waals surface area contributed by atoms with Crippen LogP contribution in [-0.4, -0.2) is 31.2 Å². The molecule has 1 saturated carbocycles. The van der Waals surface area contributed by atoms with Crippen molar-refractivity contribution in [3.05, 3.63) is 47.6 Å². The number of aromatic nitrogens is 4. The van der Waals surface area contributed by atoms with E-state index in [4.69, 9.17) is 16.6 Å². The summed E-state index contributed by atoms with van der Waals surface area (Å²) >= 11 is 6.18. The van der Waals surface area contributed by atoms with Gasteiger partial charge in [0, 0.05) is 36.1 Å². The standard InChI is InChI=1S/C23H24ClN5O/c1-14-3-5-16(6-4-14)12-29-22-20(28-23(29)15(2)13-30)8-19(9-25)27-21(22)17-7-18(24)11-26-10-17/h7-8,10-11,14,16,30H,2-6,12-13H2,1H3. The Labute approximate surface area is 180 Å². The van der Waals surface area contributed by atoms with Crippen molar-refractivity contribution in [2.24, 2.45) is 11.8 Å². The van der Waals surface area contributed by atoms with Crippen molar-refractivity contribution in [3.63, 3.8) is 0 Å². The maximum atomic E-state index is 9.75. The van der Waals surface area contributed by atoms with E-state index in [-0.39, 0.29) is 12.3 Å². The van der Waals surface area contributed by atoms with Gasteiger partial charge in [-0.3, -0.25) is 4.98 Å². The van der Waals surface area contributed by atoms with E-state index in [0.717, 1.165) is 36.4 Å². The summed E-state index contributed by atoms with van der Waals surface area (Å²) in [6.07, 6.45) is 8.00. The molecule has 154 valence electrons. The van der Waals surface area contributed by atoms with E-state index in [1.807, 2.05) is 0 Å². The van der Waals surface area contributed by atoms with E-state index in [2.05, 4.69) is 34.1 Å². The van der Waals surface area contributed by atoms with Crippen LogP contribution in [0.15, 0.2) is 31.1 Å². The summed E-state index contributed by atoms with van der Waals surface area (Å²) < 4.78 is 2.11. The van der Waals surface area contributed by atoms with Crippen LogP contribution in [0.1, 0.15) is 44.1 Å². The Morgan fingerprint density at radius 2 is 2.03 bits per heavy atom. The summed E-state index contributed by atoms with van der Waals surface area (Å²) in [4.78, 5) is 13.5. The van der Waals surface area contributed by atoms with E-state index < -0.39 is 0 Å². The van der Waals surface area contributed by atoms with Crippen LogP contribution in [0.25, 0.3) is 27.9 Å². The summed E-state index contributed by atoms with van der Waals surface area (Å²) in [6.45, 7) is 6.90. The van der Waals surface area contributed by atoms with E-state index in [9.17, 15) is 10.4 Å². The second kappa shape index (κ2) is 8.55. The van der Waals surface area contributed by atoms with Gasteiger partial charge >= 0.3 is 0 Å². The molecule has 3 heterocycles. The third-order valence-corrected chi connectivity index (χ3v) is 6.11. The molecular weight excluding hydrogens is 398 g/mol. The maximum Gasteiger partial charge on any atom is 0.143 e. The van der Waals surface area contributed by atoms with Crippen LogP contribution in [0.5, 0.6) is 0 Å². The smallest absolute Gasteiger partial charge is 0.143 e. The number of pyridine rings is 2. The van der Waals surface area contributed by atoms with Crippen LogP contribution in [0.3, 0.4) is 0 Å². The lowest BCUT2D eigenvalue weighted by molar-refractivity contribution is 0.265. The molecule has 0 unspecified atom stereocenters. The molecule has 0 radical (unpaired) electrons. The Hall–Kier alpha value is -2.75. The first kappa shape index (κ1) is 20.5. The highest BCUT2D eigenvalue weighted by atomic mass is 35.5. The van der Waals surface area contributed by atoms with Crippen LogP contribution in [0.2, 0.25) is 5.02 Å². The molecule has 7 heteroatoms. The molecule has 1 aliphatic carbocycles. The Morgan fingerprint density at radius 1 is 1.27 bits per heavy atom. The van der Waals surface area contributed by atoms with Crippen molar-refractivity contribution in [2.45, 2.75) is 39.2 Å². The highest BCUT2D eigenvalue weighted by Crippen LogP contribution is 2.35. The van der Waals surface area contributed by atoms with Crippen molar-refractivity contribution in [1.82, 2.24) is 19.5 Å². The monoisotopic (exact) mass is 421 g/mol. The number of imidazole rings is 1. The molecule has 6 nitrogen and oxygen atoms in total. The molecule has 0 bridgehead atoms. The highest BCUT2D eigenvalue weighted by molar-refractivity contribution is 6.30. The molecular formula is C23H24ClN5O. The van der Waals surface area contributed by atoms with Crippen LogP contribution in [0.4, 0.5) is 0 Å². The predicted octanol–water partition coefficient (Wildman–Crippen LogP) is 4.85. The Kier molecular flexibility index (Phi) is 5.85. The Morgan fingerprint density at radius 3 is 2.70 bits per heavy atom. The quantitative estimate of drug-likeness (QED) is 0.636. The fourth-order valence-electron chi connectivity index (χ4n) is 4.24. The molecule has 4 rings (SSSR count). The van der Waals surface area contributed by atoms with E-state index >= 15 is 0 Å². The SMILES string of the molecule is C=C(CO)c1nc2cc(C#N)nc(-c3cncc(Cl)c3)c2n1CC1CCC(C)CC1. The van der Waals surface area contributed by atoms with Gasteiger partial charge in [0.2, 0.25) is 0 Å². The van der Waals surface area contributed by atoms with Gasteiger partial charge < -0.3 is 9.67 Å². The van der Waals surface area contributed by atoms with Crippen molar-refractivity contribution in [1.29, 1.82) is 5.26 Å². The summed E-state index contributed by atoms with van der Waals surface area (Å²) in [5.74, 6) is 1.92. The summed E-state index contributed by atoms with van der Waals surface area (Å²) in [7, 11) is 0. The van der Waals surface area contributed by atoms with E-state index in [0.29, 0.717) is 33.5 Å². The average Bonchev–Trinajstić information content (AvgIpc) is 3.12. The Bertz CT molecular complexity index is 1140. The average molecular weight is 422 g/mol. The first-order chi connectivity index (χ1) is 14.5. The van der Waals surface area contributed by atoms with Gasteiger partial charge in [0.05, 0.1) is 28.4 Å². The molecule has 3 aromatic heterocycles. The van der Waals surface area contributed by atoms with Gasteiger partial charge in [-0.25, -0.2) is 9.97 Å². The van der Waals surface area contributed by atoms with Crippen LogP contribution >= 0.6 is 11.6 Å². The number of hydrogen-bond donors (Lipinski definition) is 1. The normalized spacial score (nSPS) is 19.0. The van der Waals surface area contributed by atoms with Gasteiger partial charge in [-0.1, -0.05) is 37.9 Å². The Balaban J connectivity index is 1.92. The number of aliphatic hydroxyl groups is 1. The molecule has 0 saturated heterocycles. The van der Waals surface area contributed by atoms with Gasteiger partial charge in [0.1, 0.15) is 17.6 Å². The van der Waals surface area contributed by atoms with Crippen molar-refractivity contribution in [3.8, 4) is 17.3 Å². The molecule has 1 aliphatic rings. The summed E-state index contributed by atoms with van der Waals surface area (Å²) in [5.41, 5.74) is 3.64. The fraction of sp³-hybridized carbons (Fsp3) is 0.391. The van der Waals surface area contributed by atoms with Gasteiger partial charge in [-0.05, 0) is 30.7 Å². The highest BCUT2D eigenvalue weighted by Gasteiger charge is 2.24. The maximum absolute atomic E-state index is 9.75. The first-order valence-corrected chi connectivity index (χ1v) is 10.6. The number of nitrogens with zero attached hydrogens (tertiary/aromatic N) is 5. The molecule has 0 aromatic carbocycles. The summed E-state index contributed by atoms with van der Waals surface area (Å²) in [5, 5.41) is 19.7. The molecule has 1 fully saturated rings. The molecule has 0 spiro atoms. The minimum Gasteiger partial charge on any atom is -0.392 e. The zero-order valence-electron chi connectivity index (χ0n) is 17.0. The number of rotatable bonds is 5. The third kappa shape index (κ3) is 3.96. The van der Waals surface area contributed by atoms with Crippen LogP contribution in [-0.2, 0) is 6.54 Å². The molecule has 1 N–H and O–H groups in total. The lowest BCUT2D eigenvalue weighted by atomic mass is 9.83. The van der Waals surface area contributed by atoms with Gasteiger partial charge in [-0.15, -0.1) is 0 Å². The molecule has 3 aromatic rings. The number of fused-ring (bicyclic) bond motifs is 1. The second-order valence-electron chi connectivity index (χ2n) is 8.16. The number of hydrogen-bond acceptors (Lipinski definition) is 5. The second-order valence-corrected chi connectivity index (χ2v) is 8.60. The fourth-order valence-corrected chi connectivity index (χ4v) is 4.42. The molecule has 0 aliphatic heterocycles. The zero-order valence-corrected chi connectivity index (χ0v) is 17.7. The third-order valence-electron chi connectivity index (χ3n) is 5.90. The predicted molar refractivity (Wildman–Crippen MR) is 118 cm³/mol. The largest absolute Gasteiger partial charge is 0.392 e. The lowest BCUT2D eigenvalue weighted by Crippen LogP contribution is -2.19. The van der Waals surface area contributed by atoms with E-state index in [1.54, 1.807) is 24.5 Å². The van der Waals surface area contributed by atoms with Crippen molar-refractivity contribution >= 4 is 28.2 Å². The van der Waals surface area contributed by atoms with Crippen LogP contribution < -0.4 is 0 Å². The minimum atomic E-state index is -0.183. The zero-order chi connectivity index (χ0) is 21.3. The topological polar surface area (TPSA) is 87.6 Å². The van der Waals surface area contributed by atoms with Crippen LogP contribution in [0, 0.1) is 23.2 Å². The first-order valence-electron chi connectivity index (χ1n) is 10.2. The lowest BCUT2D eigenvalue weighted by Gasteiger charge is -2.27. The van der Waals surface area contributed by atoms with E-state index in [1.165, 1.54) is 12.8 Å². The van der Waals surface area contributed by atoms with Crippen molar-refractivity contribution in [2.75, 3.05) is 6.61 Å². The van der Waals surface area contributed by atoms with Crippen molar-refractivity contribution < 1.29 is 5.11 Å². The van der Waals surface area contributed by atoms with Gasteiger partial charge in [0.25, 0.3) is 0 Å². The molecule has 0 amide bonds. The number of nitriles is 1. The molecule has 0 atom stereocenters. The number of aliphatic hydroxyl groups excluding tert-OH is 1. The molecule has 30 heavy (non-hydrogen) atoms. The number of halogens is 1. The van der Waals surface area contributed by atoms with Gasteiger partial charge in [-0.2, -0.15) is 5.26 Å². The summed E-state index contributed by atoms with van der Waals surface area (Å²) in [6, 6.07) is 5.59. The van der Waals surface area contributed by atoms with Gasteiger partial charge in [0.15, 0.2) is 0 Å². The minimum absolute atomic E-state index is 0.183.